The van der Waals surface area contributed by atoms with Gasteiger partial charge in [-0.1, -0.05) is 11.6 Å². The summed E-state index contributed by atoms with van der Waals surface area (Å²) in [5.41, 5.74) is 0.130. The first-order valence-electron chi connectivity index (χ1n) is 7.20. The number of hydrogen-bond donors (Lipinski definition) is 1. The van der Waals surface area contributed by atoms with Crippen molar-refractivity contribution in [2.45, 2.75) is 37.7 Å². The number of hydrogen-bond acceptors (Lipinski definition) is 6. The van der Waals surface area contributed by atoms with Crippen molar-refractivity contribution >= 4 is 23.4 Å². The number of nitrogens with zero attached hydrogens (tertiary/aromatic N) is 2. The molecule has 0 radical (unpaired) electrons. The molecule has 0 amide bonds. The van der Waals surface area contributed by atoms with Gasteiger partial charge in [-0.25, -0.2) is 14.8 Å². The summed E-state index contributed by atoms with van der Waals surface area (Å²) < 4.78 is 10.3. The summed E-state index contributed by atoms with van der Waals surface area (Å²) in [7, 11) is 1.32. The molecule has 2 fully saturated rings. The van der Waals surface area contributed by atoms with Crippen molar-refractivity contribution in [3.63, 3.8) is 0 Å². The number of carbonyl (C=O) groups excluding carboxylic acids is 1. The molecular formula is C14H18ClN3O3. The van der Waals surface area contributed by atoms with E-state index in [1.807, 2.05) is 0 Å². The monoisotopic (exact) mass is 311 g/mol. The van der Waals surface area contributed by atoms with Crippen LogP contribution in [0.15, 0.2) is 0 Å². The summed E-state index contributed by atoms with van der Waals surface area (Å²) in [4.78, 5) is 20.5. The summed E-state index contributed by atoms with van der Waals surface area (Å²) in [5.74, 6) is 0.942. The van der Waals surface area contributed by atoms with Crippen LogP contribution in [0.2, 0.25) is 5.02 Å². The summed E-state index contributed by atoms with van der Waals surface area (Å²) in [5, 5.41) is 3.39. The molecule has 1 aliphatic heterocycles. The second-order valence-electron chi connectivity index (χ2n) is 5.37. The number of rotatable bonds is 5. The van der Waals surface area contributed by atoms with Crippen LogP contribution < -0.4 is 5.32 Å². The number of carbonyl (C=O) groups is 1. The molecule has 1 aliphatic carbocycles. The van der Waals surface area contributed by atoms with Gasteiger partial charge >= 0.3 is 5.97 Å². The number of methoxy groups -OCH3 is 1. The fraction of sp³-hybridized carbons (Fsp3) is 0.643. The van der Waals surface area contributed by atoms with Gasteiger partial charge in [0, 0.05) is 19.1 Å². The Kier molecular flexibility index (Phi) is 4.26. The maximum atomic E-state index is 11.8. The second kappa shape index (κ2) is 6.15. The van der Waals surface area contributed by atoms with Crippen LogP contribution in [-0.4, -0.2) is 42.3 Å². The maximum absolute atomic E-state index is 11.8. The molecule has 1 saturated heterocycles. The molecule has 1 unspecified atom stereocenters. The minimum absolute atomic E-state index is 0.130. The summed E-state index contributed by atoms with van der Waals surface area (Å²) >= 11 is 6.24. The molecule has 7 heteroatoms. The molecule has 3 rings (SSSR count). The second-order valence-corrected chi connectivity index (χ2v) is 5.75. The Morgan fingerprint density at radius 3 is 2.86 bits per heavy atom. The van der Waals surface area contributed by atoms with E-state index in [4.69, 9.17) is 21.1 Å². The molecule has 1 N–H and O–H groups in total. The lowest BCUT2D eigenvalue weighted by Crippen LogP contribution is -2.20. The minimum Gasteiger partial charge on any atom is -0.464 e. The highest BCUT2D eigenvalue weighted by Gasteiger charge is 2.30. The third-order valence-corrected chi connectivity index (χ3v) is 4.07. The molecule has 0 aromatic carbocycles. The quantitative estimate of drug-likeness (QED) is 0.842. The van der Waals surface area contributed by atoms with Crippen LogP contribution in [-0.2, 0) is 9.47 Å². The Labute approximate surface area is 128 Å². The first-order valence-corrected chi connectivity index (χ1v) is 7.58. The van der Waals surface area contributed by atoms with Gasteiger partial charge in [0.15, 0.2) is 5.69 Å². The zero-order chi connectivity index (χ0) is 14.8. The molecule has 114 valence electrons. The highest BCUT2D eigenvalue weighted by atomic mass is 35.5. The van der Waals surface area contributed by atoms with Crippen LogP contribution >= 0.6 is 11.6 Å². The Morgan fingerprint density at radius 1 is 1.43 bits per heavy atom. The van der Waals surface area contributed by atoms with Crippen molar-refractivity contribution in [3.05, 3.63) is 16.5 Å². The maximum Gasteiger partial charge on any atom is 0.358 e. The molecule has 1 aromatic rings. The number of anilines is 1. The normalized spacial score (nSPS) is 21.3. The van der Waals surface area contributed by atoms with Crippen molar-refractivity contribution in [3.8, 4) is 0 Å². The van der Waals surface area contributed by atoms with E-state index in [9.17, 15) is 4.79 Å². The largest absolute Gasteiger partial charge is 0.464 e. The van der Waals surface area contributed by atoms with Gasteiger partial charge < -0.3 is 14.8 Å². The third-order valence-electron chi connectivity index (χ3n) is 3.71. The van der Waals surface area contributed by atoms with Gasteiger partial charge in [0.2, 0.25) is 0 Å². The predicted octanol–water partition coefficient (Wildman–Crippen LogP) is 2.38. The fourth-order valence-electron chi connectivity index (χ4n) is 2.35. The van der Waals surface area contributed by atoms with E-state index in [0.29, 0.717) is 24.1 Å². The van der Waals surface area contributed by atoms with Crippen molar-refractivity contribution in [2.24, 2.45) is 0 Å². The number of halogens is 1. The molecule has 1 aromatic heterocycles. The first-order chi connectivity index (χ1) is 10.2. The zero-order valence-electron chi connectivity index (χ0n) is 11.9. The summed E-state index contributed by atoms with van der Waals surface area (Å²) in [6.45, 7) is 1.42. The number of ether oxygens (including phenoxy) is 2. The standard InChI is InChI=1S/C14H18ClN3O3/c1-20-14(19)11-10(15)13(16-7-9-3-2-6-21-9)18-12(17-11)8-4-5-8/h8-9H,2-7H2,1H3,(H,16,17,18). The molecule has 0 bridgehead atoms. The molecular weight excluding hydrogens is 294 g/mol. The molecule has 1 atom stereocenters. The SMILES string of the molecule is COC(=O)c1nc(C2CC2)nc(NCC2CCCO2)c1Cl. The molecule has 2 aliphatic rings. The van der Waals surface area contributed by atoms with E-state index < -0.39 is 5.97 Å². The number of esters is 1. The topological polar surface area (TPSA) is 73.3 Å². The average Bonchev–Trinajstić information content (AvgIpc) is 3.22. The van der Waals surface area contributed by atoms with E-state index >= 15 is 0 Å². The Bertz CT molecular complexity index is 543. The molecule has 1 saturated carbocycles. The van der Waals surface area contributed by atoms with Crippen LogP contribution in [0.1, 0.15) is 47.9 Å². The van der Waals surface area contributed by atoms with Crippen LogP contribution in [0, 0.1) is 0 Å². The highest BCUT2D eigenvalue weighted by molar-refractivity contribution is 6.35. The molecule has 0 spiro atoms. The Hall–Kier alpha value is -1.40. The van der Waals surface area contributed by atoms with E-state index in [2.05, 4.69) is 15.3 Å². The van der Waals surface area contributed by atoms with Gasteiger partial charge in [-0.3, -0.25) is 0 Å². The van der Waals surface area contributed by atoms with Crippen LogP contribution in [0.5, 0.6) is 0 Å². The fourth-order valence-corrected chi connectivity index (χ4v) is 2.58. The molecule has 2 heterocycles. The summed E-state index contributed by atoms with van der Waals surface area (Å²) in [6, 6.07) is 0. The highest BCUT2D eigenvalue weighted by Crippen LogP contribution is 2.39. The van der Waals surface area contributed by atoms with E-state index in [-0.39, 0.29) is 16.8 Å². The summed E-state index contributed by atoms with van der Waals surface area (Å²) in [6.07, 6.45) is 4.36. The smallest absolute Gasteiger partial charge is 0.358 e. The van der Waals surface area contributed by atoms with Crippen molar-refractivity contribution in [2.75, 3.05) is 25.6 Å². The van der Waals surface area contributed by atoms with Crippen molar-refractivity contribution in [1.29, 1.82) is 0 Å². The zero-order valence-corrected chi connectivity index (χ0v) is 12.7. The molecule has 6 nitrogen and oxygen atoms in total. The number of aromatic nitrogens is 2. The van der Waals surface area contributed by atoms with Crippen LogP contribution in [0.4, 0.5) is 5.82 Å². The third kappa shape index (κ3) is 3.27. The van der Waals surface area contributed by atoms with Gasteiger partial charge in [-0.05, 0) is 25.7 Å². The lowest BCUT2D eigenvalue weighted by Gasteiger charge is -2.14. The lowest BCUT2D eigenvalue weighted by molar-refractivity contribution is 0.0593. The average molecular weight is 312 g/mol. The van der Waals surface area contributed by atoms with E-state index in [1.165, 1.54) is 7.11 Å². The van der Waals surface area contributed by atoms with Gasteiger partial charge in [0.25, 0.3) is 0 Å². The van der Waals surface area contributed by atoms with Crippen LogP contribution in [0.3, 0.4) is 0 Å². The van der Waals surface area contributed by atoms with Gasteiger partial charge in [0.05, 0.1) is 13.2 Å². The minimum atomic E-state index is -0.538. The first kappa shape index (κ1) is 14.5. The Balaban J connectivity index is 1.82. The van der Waals surface area contributed by atoms with Crippen molar-refractivity contribution < 1.29 is 14.3 Å². The number of nitrogens with one attached hydrogen (secondary N) is 1. The predicted molar refractivity (Wildman–Crippen MR) is 77.8 cm³/mol. The van der Waals surface area contributed by atoms with Gasteiger partial charge in [-0.2, -0.15) is 0 Å². The Morgan fingerprint density at radius 2 is 2.24 bits per heavy atom. The molecule has 21 heavy (non-hydrogen) atoms. The van der Waals surface area contributed by atoms with E-state index in [0.717, 1.165) is 32.3 Å². The van der Waals surface area contributed by atoms with Crippen LogP contribution in [0.25, 0.3) is 0 Å². The van der Waals surface area contributed by atoms with Gasteiger partial charge in [-0.15, -0.1) is 0 Å². The van der Waals surface area contributed by atoms with E-state index in [1.54, 1.807) is 0 Å². The lowest BCUT2D eigenvalue weighted by atomic mass is 10.2. The van der Waals surface area contributed by atoms with Gasteiger partial charge in [0.1, 0.15) is 16.7 Å². The van der Waals surface area contributed by atoms with Crippen molar-refractivity contribution in [1.82, 2.24) is 9.97 Å².